The average molecular weight is 944 g/mol. The molecule has 3 N–H and O–H groups in total. The minimum Gasteiger partial charge on any atom is -0.387 e. The number of nitrogens with zero attached hydrogens (tertiary/aromatic N) is 1. The van der Waals surface area contributed by atoms with E-state index in [9.17, 15) is 19.4 Å². The minimum atomic E-state index is -4.35. The van der Waals surface area contributed by atoms with Gasteiger partial charge in [0.1, 0.15) is 13.2 Å². The number of allylic oxidation sites excluding steroid dienone is 13. The third-order valence-corrected chi connectivity index (χ3v) is 12.5. The number of quaternary nitrogens is 1. The van der Waals surface area contributed by atoms with Gasteiger partial charge in [-0.15, -0.1) is 0 Å². The highest BCUT2D eigenvalue weighted by molar-refractivity contribution is 7.47. The molecule has 0 saturated carbocycles. The maximum Gasteiger partial charge on any atom is 0.472 e. The summed E-state index contributed by atoms with van der Waals surface area (Å²) in [4.78, 5) is 23.2. The summed E-state index contributed by atoms with van der Waals surface area (Å²) in [5.74, 6) is -0.193. The first-order valence-electron chi connectivity index (χ1n) is 27.0. The molecule has 0 bridgehead atoms. The van der Waals surface area contributed by atoms with Gasteiger partial charge in [0.2, 0.25) is 5.91 Å². The molecule has 3 atom stereocenters. The first-order valence-corrected chi connectivity index (χ1v) is 28.5. The van der Waals surface area contributed by atoms with Crippen LogP contribution in [0.2, 0.25) is 0 Å². The Hall–Kier alpha value is -2.32. The van der Waals surface area contributed by atoms with Gasteiger partial charge >= 0.3 is 7.82 Å². The Balaban J connectivity index is 4.01. The maximum absolute atomic E-state index is 12.9. The van der Waals surface area contributed by atoms with Gasteiger partial charge in [0.15, 0.2) is 0 Å². The van der Waals surface area contributed by atoms with E-state index in [0.29, 0.717) is 17.4 Å². The topological polar surface area (TPSA) is 105 Å². The molecular weight excluding hydrogens is 840 g/mol. The minimum absolute atomic E-state index is 0.0514. The number of aliphatic hydroxyl groups excluding tert-OH is 1. The van der Waals surface area contributed by atoms with Crippen molar-refractivity contribution in [3.63, 3.8) is 0 Å². The van der Waals surface area contributed by atoms with E-state index in [1.807, 2.05) is 27.2 Å². The van der Waals surface area contributed by atoms with Gasteiger partial charge in [-0.3, -0.25) is 13.8 Å². The number of hydrogen-bond acceptors (Lipinski definition) is 5. The lowest BCUT2D eigenvalue weighted by atomic mass is 10.0. The van der Waals surface area contributed by atoms with Gasteiger partial charge in [-0.25, -0.2) is 4.57 Å². The van der Waals surface area contributed by atoms with Crippen LogP contribution in [-0.2, 0) is 18.4 Å². The normalized spacial score (nSPS) is 14.7. The number of phosphoric ester groups is 1. The van der Waals surface area contributed by atoms with Crippen LogP contribution < -0.4 is 5.32 Å². The monoisotopic (exact) mass is 944 g/mol. The van der Waals surface area contributed by atoms with Crippen molar-refractivity contribution in [3.05, 3.63) is 85.1 Å². The number of phosphoric acid groups is 1. The summed E-state index contributed by atoms with van der Waals surface area (Å²) >= 11 is 0. The van der Waals surface area contributed by atoms with Crippen molar-refractivity contribution < 1.29 is 32.9 Å². The molecule has 0 aromatic carbocycles. The lowest BCUT2D eigenvalue weighted by Crippen LogP contribution is -2.45. The number of carbonyl (C=O) groups excluding carboxylic acids is 1. The Bertz CT molecular complexity index is 1350. The number of aliphatic hydroxyl groups is 1. The Morgan fingerprint density at radius 3 is 1.38 bits per heavy atom. The number of nitrogens with one attached hydrogen (secondary N) is 1. The van der Waals surface area contributed by atoms with E-state index >= 15 is 0 Å². The van der Waals surface area contributed by atoms with Crippen LogP contribution in [0.15, 0.2) is 85.1 Å². The van der Waals surface area contributed by atoms with Gasteiger partial charge in [-0.1, -0.05) is 221 Å². The molecule has 0 fully saturated rings. The first-order chi connectivity index (χ1) is 32.0. The van der Waals surface area contributed by atoms with Crippen molar-refractivity contribution in [1.82, 2.24) is 5.32 Å². The highest BCUT2D eigenvalue weighted by atomic mass is 31.2. The molecule has 0 radical (unpaired) electrons. The van der Waals surface area contributed by atoms with Crippen molar-refractivity contribution in [3.8, 4) is 0 Å². The quantitative estimate of drug-likeness (QED) is 0.0243. The largest absolute Gasteiger partial charge is 0.472 e. The number of carbonyl (C=O) groups is 1. The second-order valence-electron chi connectivity index (χ2n) is 19.2. The Morgan fingerprint density at radius 2 is 0.924 bits per heavy atom. The summed E-state index contributed by atoms with van der Waals surface area (Å²) in [6.07, 6.45) is 67.0. The standard InChI is InChI=1S/C57H103N2O6P/c1-6-8-10-12-14-16-18-19-20-21-22-23-24-25-26-27-28-29-30-31-32-33-34-35-36-37-38-39-41-43-45-47-49-51-57(61)58-55(54-65-66(62,63)64-53-52-59(3,4)5)56(60)50-48-46-44-42-40-17-15-13-11-9-7-2/h8,10-11,13-14,16,19-20,22-23,40,42,48,50,55-56,60H,6-7,9,12,15,17-18,21,24-39,41,43-47,49,51-54H2,1-5H3,(H-,58,61,62,63)/p+1/b10-8-,13-11+,16-14-,20-19-,23-22-,42-40+,50-48+. The van der Waals surface area contributed by atoms with Crippen LogP contribution in [0.25, 0.3) is 0 Å². The lowest BCUT2D eigenvalue weighted by molar-refractivity contribution is -0.870. The zero-order valence-corrected chi connectivity index (χ0v) is 44.3. The molecule has 8 nitrogen and oxygen atoms in total. The molecule has 1 amide bonds. The molecule has 0 aromatic rings. The molecule has 0 rings (SSSR count). The first kappa shape index (κ1) is 63.7. The molecule has 382 valence electrons. The van der Waals surface area contributed by atoms with Gasteiger partial charge < -0.3 is 19.8 Å². The van der Waals surface area contributed by atoms with Crippen LogP contribution in [0.5, 0.6) is 0 Å². The fraction of sp³-hybridized carbons (Fsp3) is 0.737. The number of rotatable bonds is 48. The maximum atomic E-state index is 12.9. The highest BCUT2D eigenvalue weighted by Crippen LogP contribution is 2.43. The zero-order valence-electron chi connectivity index (χ0n) is 43.4. The Morgan fingerprint density at radius 1 is 0.530 bits per heavy atom. The summed E-state index contributed by atoms with van der Waals surface area (Å²) in [6, 6.07) is -0.870. The molecule has 0 spiro atoms. The zero-order chi connectivity index (χ0) is 48.5. The van der Waals surface area contributed by atoms with Crippen molar-refractivity contribution in [2.75, 3.05) is 40.9 Å². The van der Waals surface area contributed by atoms with Crippen LogP contribution >= 0.6 is 7.82 Å². The fourth-order valence-electron chi connectivity index (χ4n) is 7.37. The Kier molecular flexibility index (Phi) is 46.1. The smallest absolute Gasteiger partial charge is 0.387 e. The Labute approximate surface area is 407 Å². The van der Waals surface area contributed by atoms with E-state index in [0.717, 1.165) is 77.0 Å². The highest BCUT2D eigenvalue weighted by Gasteiger charge is 2.27. The molecule has 9 heteroatoms. The van der Waals surface area contributed by atoms with Crippen LogP contribution in [0.4, 0.5) is 0 Å². The molecule has 3 unspecified atom stereocenters. The van der Waals surface area contributed by atoms with E-state index in [4.69, 9.17) is 9.05 Å². The van der Waals surface area contributed by atoms with E-state index in [2.05, 4.69) is 92.1 Å². The molecule has 0 aliphatic heterocycles. The second kappa shape index (κ2) is 47.7. The third kappa shape index (κ3) is 49.6. The summed E-state index contributed by atoms with van der Waals surface area (Å²) in [5, 5.41) is 13.8. The molecule has 66 heavy (non-hydrogen) atoms. The van der Waals surface area contributed by atoms with Gasteiger partial charge in [0.05, 0.1) is 39.9 Å². The summed E-state index contributed by atoms with van der Waals surface area (Å²) < 4.78 is 23.6. The lowest BCUT2D eigenvalue weighted by Gasteiger charge is -2.25. The van der Waals surface area contributed by atoms with Crippen LogP contribution in [0, 0.1) is 0 Å². The van der Waals surface area contributed by atoms with Crippen molar-refractivity contribution in [2.45, 2.75) is 231 Å². The van der Waals surface area contributed by atoms with Crippen LogP contribution in [-0.4, -0.2) is 73.4 Å². The second-order valence-corrected chi connectivity index (χ2v) is 20.7. The van der Waals surface area contributed by atoms with E-state index in [1.165, 1.54) is 122 Å². The molecule has 0 aliphatic rings. The van der Waals surface area contributed by atoms with Gasteiger partial charge in [0.25, 0.3) is 0 Å². The number of unbranched alkanes of at least 4 members (excludes halogenated alkanes) is 23. The molecule has 0 heterocycles. The fourth-order valence-corrected chi connectivity index (χ4v) is 8.10. The summed E-state index contributed by atoms with van der Waals surface area (Å²) in [7, 11) is 1.54. The number of hydrogen-bond donors (Lipinski definition) is 3. The molecule has 0 aliphatic carbocycles. The summed E-state index contributed by atoms with van der Waals surface area (Å²) in [5.41, 5.74) is 0. The van der Waals surface area contributed by atoms with Gasteiger partial charge in [-0.05, 0) is 77.0 Å². The van der Waals surface area contributed by atoms with Gasteiger partial charge in [-0.2, -0.15) is 0 Å². The van der Waals surface area contributed by atoms with E-state index < -0.39 is 20.0 Å². The predicted molar refractivity (Wildman–Crippen MR) is 286 cm³/mol. The number of amides is 1. The van der Waals surface area contributed by atoms with Gasteiger partial charge in [0, 0.05) is 6.42 Å². The molecular formula is C57H104N2O6P+. The molecule has 0 saturated heterocycles. The third-order valence-electron chi connectivity index (χ3n) is 11.6. The van der Waals surface area contributed by atoms with E-state index in [-0.39, 0.29) is 19.1 Å². The summed E-state index contributed by atoms with van der Waals surface area (Å²) in [6.45, 7) is 4.59. The molecule has 0 aromatic heterocycles. The number of likely N-dealkylation sites (N-methyl/N-ethyl adjacent to an activating group) is 1. The van der Waals surface area contributed by atoms with Crippen LogP contribution in [0.1, 0.15) is 219 Å². The van der Waals surface area contributed by atoms with Crippen molar-refractivity contribution in [2.24, 2.45) is 0 Å². The SMILES string of the molecule is CC/C=C\C/C=C\C/C=C\C/C=C\CCCCCCCCCCCCCCCCCCCCCCC(=O)NC(COP(=O)(O)OCC[N+](C)(C)C)C(O)/C=C/CC/C=C/CC/C=C/CCC. The van der Waals surface area contributed by atoms with Crippen molar-refractivity contribution in [1.29, 1.82) is 0 Å². The van der Waals surface area contributed by atoms with E-state index in [1.54, 1.807) is 6.08 Å². The predicted octanol–water partition coefficient (Wildman–Crippen LogP) is 16.1. The van der Waals surface area contributed by atoms with Crippen LogP contribution in [0.3, 0.4) is 0 Å². The average Bonchev–Trinajstić information content (AvgIpc) is 3.28. The van der Waals surface area contributed by atoms with Crippen molar-refractivity contribution >= 4 is 13.7 Å².